The second kappa shape index (κ2) is 7.74. The molecule has 1 N–H and O–H groups in total. The number of hydrogen-bond acceptors (Lipinski definition) is 3. The smallest absolute Gasteiger partial charge is 0.303 e. The Morgan fingerprint density at radius 2 is 2.16 bits per heavy atom. The van der Waals surface area contributed by atoms with Crippen LogP contribution in [-0.4, -0.2) is 27.5 Å². The van der Waals surface area contributed by atoms with Gasteiger partial charge in [-0.3, -0.25) is 14.7 Å². The molecule has 0 radical (unpaired) electrons. The lowest BCUT2D eigenvalue weighted by molar-refractivity contribution is -0.136. The quantitative estimate of drug-likeness (QED) is 0.865. The highest BCUT2D eigenvalue weighted by molar-refractivity contribution is 5.67. The summed E-state index contributed by atoms with van der Waals surface area (Å²) < 4.78 is 14.0. The second-order valence-corrected chi connectivity index (χ2v) is 6.66. The number of pyridine rings is 1. The van der Waals surface area contributed by atoms with Crippen LogP contribution in [0.25, 0.3) is 0 Å². The Kier molecular flexibility index (Phi) is 5.43. The van der Waals surface area contributed by atoms with Gasteiger partial charge in [-0.05, 0) is 56.5 Å². The van der Waals surface area contributed by atoms with Gasteiger partial charge in [0, 0.05) is 24.2 Å². The average Bonchev–Trinajstić information content (AvgIpc) is 3.03. The molecule has 25 heavy (non-hydrogen) atoms. The molecule has 1 aliphatic rings. The van der Waals surface area contributed by atoms with Crippen molar-refractivity contribution < 1.29 is 14.3 Å². The minimum absolute atomic E-state index is 0.118. The molecule has 1 unspecified atom stereocenters. The van der Waals surface area contributed by atoms with E-state index in [9.17, 15) is 9.18 Å². The van der Waals surface area contributed by atoms with Crippen molar-refractivity contribution in [3.63, 3.8) is 0 Å². The van der Waals surface area contributed by atoms with Crippen LogP contribution in [0.3, 0.4) is 0 Å². The predicted octanol–water partition coefficient (Wildman–Crippen LogP) is 3.88. The summed E-state index contributed by atoms with van der Waals surface area (Å²) in [5.41, 5.74) is 3.57. The molecule has 0 amide bonds. The van der Waals surface area contributed by atoms with E-state index in [1.165, 1.54) is 6.07 Å². The van der Waals surface area contributed by atoms with E-state index in [0.29, 0.717) is 18.5 Å². The molecule has 1 aromatic heterocycles. The second-order valence-electron chi connectivity index (χ2n) is 6.66. The number of carboxylic acids is 1. The highest BCUT2D eigenvalue weighted by Gasteiger charge is 2.28. The summed E-state index contributed by atoms with van der Waals surface area (Å²) in [6.45, 7) is 3.42. The van der Waals surface area contributed by atoms with Gasteiger partial charge in [0.05, 0.1) is 11.7 Å². The largest absolute Gasteiger partial charge is 0.481 e. The highest BCUT2D eigenvalue weighted by Crippen LogP contribution is 2.33. The number of rotatable bonds is 6. The molecule has 3 rings (SSSR count). The summed E-state index contributed by atoms with van der Waals surface area (Å²) in [6.07, 6.45) is 2.67. The van der Waals surface area contributed by atoms with E-state index in [0.717, 1.165) is 36.3 Å². The monoisotopic (exact) mass is 342 g/mol. The summed E-state index contributed by atoms with van der Waals surface area (Å²) in [5, 5.41) is 8.90. The van der Waals surface area contributed by atoms with E-state index in [-0.39, 0.29) is 18.3 Å². The number of likely N-dealkylation sites (tertiary alicyclic amines) is 1. The van der Waals surface area contributed by atoms with Crippen molar-refractivity contribution in [1.82, 2.24) is 9.88 Å². The lowest BCUT2D eigenvalue weighted by atomic mass is 10.0. The van der Waals surface area contributed by atoms with Crippen LogP contribution in [0, 0.1) is 12.7 Å². The fraction of sp³-hybridized carbons (Fsp3) is 0.400. The fourth-order valence-electron chi connectivity index (χ4n) is 3.53. The van der Waals surface area contributed by atoms with E-state index in [1.807, 2.05) is 31.2 Å². The molecule has 0 bridgehead atoms. The van der Waals surface area contributed by atoms with Crippen molar-refractivity contribution in [1.29, 1.82) is 0 Å². The molecule has 1 aliphatic heterocycles. The molecule has 1 fully saturated rings. The molecule has 132 valence electrons. The van der Waals surface area contributed by atoms with Gasteiger partial charge in [0.15, 0.2) is 0 Å². The maximum atomic E-state index is 14.0. The van der Waals surface area contributed by atoms with Gasteiger partial charge in [0.25, 0.3) is 0 Å². The molecule has 1 atom stereocenters. The van der Waals surface area contributed by atoms with E-state index >= 15 is 0 Å². The van der Waals surface area contributed by atoms with Crippen molar-refractivity contribution >= 4 is 5.97 Å². The van der Waals surface area contributed by atoms with Crippen LogP contribution in [-0.2, 0) is 17.8 Å². The van der Waals surface area contributed by atoms with Crippen molar-refractivity contribution in [3.8, 4) is 0 Å². The number of benzene rings is 1. The number of aliphatic carboxylic acids is 1. The van der Waals surface area contributed by atoms with Gasteiger partial charge >= 0.3 is 5.97 Å². The fourth-order valence-corrected chi connectivity index (χ4v) is 3.53. The zero-order valence-electron chi connectivity index (χ0n) is 14.4. The van der Waals surface area contributed by atoms with Gasteiger partial charge in [-0.15, -0.1) is 0 Å². The molecule has 2 heterocycles. The summed E-state index contributed by atoms with van der Waals surface area (Å²) >= 11 is 0. The Balaban J connectivity index is 1.79. The zero-order valence-corrected chi connectivity index (χ0v) is 14.4. The summed E-state index contributed by atoms with van der Waals surface area (Å²) in [6, 6.07) is 11.0. The highest BCUT2D eigenvalue weighted by atomic mass is 19.1. The number of hydrogen-bond donors (Lipinski definition) is 1. The first-order valence-electron chi connectivity index (χ1n) is 8.69. The summed E-state index contributed by atoms with van der Waals surface area (Å²) in [4.78, 5) is 17.8. The van der Waals surface area contributed by atoms with Crippen LogP contribution in [0.2, 0.25) is 0 Å². The molecular weight excluding hydrogens is 319 g/mol. The van der Waals surface area contributed by atoms with E-state index in [2.05, 4.69) is 9.88 Å². The topological polar surface area (TPSA) is 53.4 Å². The predicted molar refractivity (Wildman–Crippen MR) is 93.7 cm³/mol. The van der Waals surface area contributed by atoms with Crippen molar-refractivity contribution in [2.24, 2.45) is 0 Å². The summed E-state index contributed by atoms with van der Waals surface area (Å²) in [5.74, 6) is -0.967. The average molecular weight is 342 g/mol. The molecule has 0 spiro atoms. The van der Waals surface area contributed by atoms with E-state index in [4.69, 9.17) is 5.11 Å². The normalized spacial score (nSPS) is 17.8. The Morgan fingerprint density at radius 3 is 2.92 bits per heavy atom. The third-order valence-corrected chi connectivity index (χ3v) is 4.70. The molecular formula is C20H23FN2O2. The van der Waals surface area contributed by atoms with Gasteiger partial charge in [-0.2, -0.15) is 0 Å². The maximum absolute atomic E-state index is 14.0. The Bertz CT molecular complexity index is 763. The molecule has 4 nitrogen and oxygen atoms in total. The van der Waals surface area contributed by atoms with E-state index in [1.54, 1.807) is 6.07 Å². The van der Waals surface area contributed by atoms with Crippen molar-refractivity contribution in [2.75, 3.05) is 6.54 Å². The molecule has 0 saturated carbocycles. The number of aromatic nitrogens is 1. The van der Waals surface area contributed by atoms with Crippen LogP contribution in [0.5, 0.6) is 0 Å². The van der Waals surface area contributed by atoms with Crippen LogP contribution in [0.4, 0.5) is 4.39 Å². The third-order valence-electron chi connectivity index (χ3n) is 4.70. The number of nitrogens with zero attached hydrogens (tertiary/aromatic N) is 2. The van der Waals surface area contributed by atoms with Gasteiger partial charge in [0.1, 0.15) is 5.82 Å². The van der Waals surface area contributed by atoms with Crippen molar-refractivity contribution in [2.45, 2.75) is 45.2 Å². The van der Waals surface area contributed by atoms with Gasteiger partial charge in [-0.25, -0.2) is 4.39 Å². The minimum Gasteiger partial charge on any atom is -0.481 e. The van der Waals surface area contributed by atoms with Gasteiger partial charge < -0.3 is 5.11 Å². The molecule has 1 saturated heterocycles. The van der Waals surface area contributed by atoms with Crippen LogP contribution < -0.4 is 0 Å². The van der Waals surface area contributed by atoms with Gasteiger partial charge in [0.2, 0.25) is 0 Å². The number of carboxylic acid groups (broad SMARTS) is 1. The molecule has 2 aromatic rings. The first-order chi connectivity index (χ1) is 12.0. The lowest BCUT2D eigenvalue weighted by Crippen LogP contribution is -2.24. The lowest BCUT2D eigenvalue weighted by Gasteiger charge is -2.25. The minimum atomic E-state index is -0.793. The Morgan fingerprint density at radius 1 is 1.36 bits per heavy atom. The van der Waals surface area contributed by atoms with E-state index < -0.39 is 5.97 Å². The van der Waals surface area contributed by atoms with Crippen LogP contribution in [0.1, 0.15) is 47.8 Å². The molecule has 0 aliphatic carbocycles. The zero-order chi connectivity index (χ0) is 17.8. The maximum Gasteiger partial charge on any atom is 0.303 e. The summed E-state index contributed by atoms with van der Waals surface area (Å²) in [7, 11) is 0. The number of carbonyl (C=O) groups is 1. The first kappa shape index (κ1) is 17.5. The van der Waals surface area contributed by atoms with Gasteiger partial charge in [-0.1, -0.05) is 18.2 Å². The number of halogens is 1. The standard InChI is InChI=1S/C20H23FN2O2/c1-14-11-15(8-9-20(24)25)12-18(22-14)19-7-4-10-23(19)13-16-5-2-3-6-17(16)21/h2-3,5-6,11-12,19H,4,7-10,13H2,1H3,(H,24,25). The SMILES string of the molecule is Cc1cc(CCC(=O)O)cc(C2CCCN2Cc2ccccc2F)n1. The Hall–Kier alpha value is -2.27. The van der Waals surface area contributed by atoms with Crippen LogP contribution in [0.15, 0.2) is 36.4 Å². The molecule has 1 aromatic carbocycles. The Labute approximate surface area is 147 Å². The number of aryl methyl sites for hydroxylation is 2. The third kappa shape index (κ3) is 4.42. The molecule has 5 heteroatoms. The van der Waals surface area contributed by atoms with Crippen molar-refractivity contribution in [3.05, 3.63) is 64.7 Å². The van der Waals surface area contributed by atoms with Crippen LogP contribution >= 0.6 is 0 Å². The first-order valence-corrected chi connectivity index (χ1v) is 8.69.